The Morgan fingerprint density at radius 1 is 1.15 bits per heavy atom. The third-order valence-corrected chi connectivity index (χ3v) is 5.82. The molecular weight excluding hydrogens is 366 g/mol. The predicted molar refractivity (Wildman–Crippen MR) is 100 cm³/mol. The monoisotopic (exact) mass is 385 g/mol. The Labute approximate surface area is 156 Å². The van der Waals surface area contributed by atoms with Gasteiger partial charge in [-0.25, -0.2) is 13.1 Å². The highest BCUT2D eigenvalue weighted by atomic mass is 32.2. The Bertz CT molecular complexity index is 1050. The van der Waals surface area contributed by atoms with Crippen molar-refractivity contribution in [3.05, 3.63) is 60.7 Å². The van der Waals surface area contributed by atoms with Crippen LogP contribution >= 0.6 is 0 Å². The Kier molecular flexibility index (Phi) is 4.44. The molecule has 0 unspecified atom stereocenters. The van der Waals surface area contributed by atoms with Crippen molar-refractivity contribution in [2.24, 2.45) is 0 Å². The highest BCUT2D eigenvalue weighted by Gasteiger charge is 2.23. The van der Waals surface area contributed by atoms with Crippen molar-refractivity contribution in [2.45, 2.75) is 17.7 Å². The van der Waals surface area contributed by atoms with Crippen LogP contribution < -0.4 is 4.72 Å². The number of carbonyl (C=O) groups excluding carboxylic acids is 1. The summed E-state index contributed by atoms with van der Waals surface area (Å²) in [5, 5.41) is 4.13. The molecule has 140 valence electrons. The summed E-state index contributed by atoms with van der Waals surface area (Å²) in [5.41, 5.74) is 1.43. The molecule has 1 aliphatic heterocycles. The SMILES string of the molecule is O=C(c1cc(S(=O)(=O)Nc2cccc(-n3cccn3)c2)c[nH]1)N1CCCC1. The lowest BCUT2D eigenvalue weighted by Crippen LogP contribution is -2.27. The standard InChI is InChI=1S/C18H19N5O3S/c24-18(22-8-1-2-9-22)17-12-16(13-19-17)27(25,26)21-14-5-3-6-15(11-14)23-10-4-7-20-23/h3-7,10-13,19,21H,1-2,8-9H2. The molecule has 2 aromatic heterocycles. The molecule has 0 atom stereocenters. The van der Waals surface area contributed by atoms with E-state index in [1.165, 1.54) is 12.3 Å². The van der Waals surface area contributed by atoms with Crippen molar-refractivity contribution in [1.29, 1.82) is 0 Å². The number of sulfonamides is 1. The number of hydrogen-bond donors (Lipinski definition) is 2. The number of carbonyl (C=O) groups is 1. The van der Waals surface area contributed by atoms with Crippen LogP contribution in [0.3, 0.4) is 0 Å². The number of likely N-dealkylation sites (tertiary alicyclic amines) is 1. The molecule has 3 heterocycles. The van der Waals surface area contributed by atoms with Gasteiger partial charge in [0.15, 0.2) is 0 Å². The van der Waals surface area contributed by atoms with Crippen LogP contribution in [0, 0.1) is 0 Å². The van der Waals surface area contributed by atoms with E-state index >= 15 is 0 Å². The van der Waals surface area contributed by atoms with Gasteiger partial charge in [0.25, 0.3) is 15.9 Å². The minimum atomic E-state index is -3.82. The molecule has 1 aromatic carbocycles. The molecule has 8 nitrogen and oxygen atoms in total. The molecule has 0 saturated carbocycles. The van der Waals surface area contributed by atoms with E-state index in [0.29, 0.717) is 18.8 Å². The van der Waals surface area contributed by atoms with Gasteiger partial charge in [-0.05, 0) is 43.2 Å². The number of amides is 1. The zero-order valence-electron chi connectivity index (χ0n) is 14.5. The maximum atomic E-state index is 12.7. The normalized spacial score (nSPS) is 14.4. The summed E-state index contributed by atoms with van der Waals surface area (Å²) in [4.78, 5) is 16.9. The van der Waals surface area contributed by atoms with E-state index in [2.05, 4.69) is 14.8 Å². The Morgan fingerprint density at radius 3 is 2.70 bits per heavy atom. The zero-order valence-corrected chi connectivity index (χ0v) is 15.3. The molecule has 1 saturated heterocycles. The Balaban J connectivity index is 1.54. The quantitative estimate of drug-likeness (QED) is 0.703. The van der Waals surface area contributed by atoms with Crippen molar-refractivity contribution in [2.75, 3.05) is 17.8 Å². The smallest absolute Gasteiger partial charge is 0.270 e. The molecule has 0 aliphatic carbocycles. The maximum absolute atomic E-state index is 12.7. The minimum Gasteiger partial charge on any atom is -0.356 e. The van der Waals surface area contributed by atoms with Gasteiger partial charge < -0.3 is 9.88 Å². The fourth-order valence-electron chi connectivity index (χ4n) is 3.09. The summed E-state index contributed by atoms with van der Waals surface area (Å²) in [6, 6.07) is 10.1. The maximum Gasteiger partial charge on any atom is 0.270 e. The van der Waals surface area contributed by atoms with Crippen LogP contribution in [-0.2, 0) is 10.0 Å². The lowest BCUT2D eigenvalue weighted by atomic mass is 10.3. The summed E-state index contributed by atoms with van der Waals surface area (Å²) < 4.78 is 29.5. The fraction of sp³-hybridized carbons (Fsp3) is 0.222. The van der Waals surface area contributed by atoms with E-state index in [9.17, 15) is 13.2 Å². The summed E-state index contributed by atoms with van der Waals surface area (Å²) >= 11 is 0. The lowest BCUT2D eigenvalue weighted by Gasteiger charge is -2.13. The summed E-state index contributed by atoms with van der Waals surface area (Å²) in [5.74, 6) is -0.172. The second kappa shape index (κ2) is 6.92. The Hall–Kier alpha value is -3.07. The first-order chi connectivity index (χ1) is 13.0. The van der Waals surface area contributed by atoms with Crippen molar-refractivity contribution in [1.82, 2.24) is 19.7 Å². The van der Waals surface area contributed by atoms with Crippen molar-refractivity contribution >= 4 is 21.6 Å². The topological polar surface area (TPSA) is 100 Å². The summed E-state index contributed by atoms with van der Waals surface area (Å²) in [6.45, 7) is 1.41. The second-order valence-electron chi connectivity index (χ2n) is 6.35. The zero-order chi connectivity index (χ0) is 18.9. The second-order valence-corrected chi connectivity index (χ2v) is 8.04. The lowest BCUT2D eigenvalue weighted by molar-refractivity contribution is 0.0787. The number of anilines is 1. The first-order valence-electron chi connectivity index (χ1n) is 8.63. The number of rotatable bonds is 5. The fourth-order valence-corrected chi connectivity index (χ4v) is 4.13. The van der Waals surface area contributed by atoms with Gasteiger partial charge in [0.1, 0.15) is 10.6 Å². The molecule has 27 heavy (non-hydrogen) atoms. The molecule has 3 aromatic rings. The highest BCUT2D eigenvalue weighted by Crippen LogP contribution is 2.20. The van der Waals surface area contributed by atoms with E-state index in [-0.39, 0.29) is 16.5 Å². The molecular formula is C18H19N5O3S. The van der Waals surface area contributed by atoms with E-state index in [4.69, 9.17) is 0 Å². The highest BCUT2D eigenvalue weighted by molar-refractivity contribution is 7.92. The van der Waals surface area contributed by atoms with E-state index in [1.807, 2.05) is 6.07 Å². The summed E-state index contributed by atoms with van der Waals surface area (Å²) in [7, 11) is -3.82. The van der Waals surface area contributed by atoms with Gasteiger partial charge in [-0.15, -0.1) is 0 Å². The molecule has 0 spiro atoms. The third kappa shape index (κ3) is 3.59. The number of aromatic amines is 1. The van der Waals surface area contributed by atoms with Gasteiger partial charge in [0.05, 0.1) is 11.4 Å². The third-order valence-electron chi connectivity index (χ3n) is 4.46. The van der Waals surface area contributed by atoms with E-state index < -0.39 is 10.0 Å². The van der Waals surface area contributed by atoms with E-state index in [1.54, 1.807) is 46.2 Å². The van der Waals surface area contributed by atoms with Crippen molar-refractivity contribution < 1.29 is 13.2 Å². The van der Waals surface area contributed by atoms with Crippen LogP contribution in [-0.4, -0.2) is 47.1 Å². The van der Waals surface area contributed by atoms with Gasteiger partial charge in [-0.3, -0.25) is 9.52 Å². The minimum absolute atomic E-state index is 0.0227. The molecule has 0 radical (unpaired) electrons. The van der Waals surface area contributed by atoms with Crippen LogP contribution in [0.4, 0.5) is 5.69 Å². The molecule has 1 amide bonds. The average Bonchev–Trinajstić information content (AvgIpc) is 3.44. The van der Waals surface area contributed by atoms with Gasteiger partial charge in [0, 0.05) is 31.7 Å². The number of nitrogens with one attached hydrogen (secondary N) is 2. The average molecular weight is 385 g/mol. The number of aromatic nitrogens is 3. The predicted octanol–water partition coefficient (Wildman–Crippen LogP) is 2.24. The Morgan fingerprint density at radius 2 is 1.96 bits per heavy atom. The van der Waals surface area contributed by atoms with Crippen LogP contribution in [0.2, 0.25) is 0 Å². The molecule has 9 heteroatoms. The van der Waals surface area contributed by atoms with Gasteiger partial charge in [0.2, 0.25) is 0 Å². The number of hydrogen-bond acceptors (Lipinski definition) is 4. The van der Waals surface area contributed by atoms with Crippen LogP contribution in [0.1, 0.15) is 23.3 Å². The molecule has 1 fully saturated rings. The first-order valence-corrected chi connectivity index (χ1v) is 10.1. The van der Waals surface area contributed by atoms with Crippen LogP contribution in [0.25, 0.3) is 5.69 Å². The van der Waals surface area contributed by atoms with Crippen LogP contribution in [0.15, 0.2) is 59.9 Å². The molecule has 4 rings (SSSR count). The van der Waals surface area contributed by atoms with Crippen molar-refractivity contribution in [3.63, 3.8) is 0 Å². The van der Waals surface area contributed by atoms with Gasteiger partial charge in [-0.2, -0.15) is 5.10 Å². The van der Waals surface area contributed by atoms with Gasteiger partial charge in [-0.1, -0.05) is 6.07 Å². The number of benzene rings is 1. The van der Waals surface area contributed by atoms with Crippen LogP contribution in [0.5, 0.6) is 0 Å². The molecule has 2 N–H and O–H groups in total. The number of nitrogens with zero attached hydrogens (tertiary/aromatic N) is 3. The van der Waals surface area contributed by atoms with Gasteiger partial charge >= 0.3 is 0 Å². The number of H-pyrrole nitrogens is 1. The molecule has 1 aliphatic rings. The summed E-state index contributed by atoms with van der Waals surface area (Å²) in [6.07, 6.45) is 6.71. The first kappa shape index (κ1) is 17.3. The van der Waals surface area contributed by atoms with E-state index in [0.717, 1.165) is 18.5 Å². The molecule has 0 bridgehead atoms. The van der Waals surface area contributed by atoms with Crippen molar-refractivity contribution in [3.8, 4) is 5.69 Å². The largest absolute Gasteiger partial charge is 0.356 e.